The minimum Gasteiger partial charge on any atom is -0.344 e. The minimum absolute atomic E-state index is 0.177. The van der Waals surface area contributed by atoms with Crippen LogP contribution in [0, 0.1) is 0 Å². The molecule has 1 atom stereocenters. The molecule has 1 fully saturated rings. The van der Waals surface area contributed by atoms with Gasteiger partial charge in [0.25, 0.3) is 0 Å². The summed E-state index contributed by atoms with van der Waals surface area (Å²) in [6.45, 7) is 1.18. The van der Waals surface area contributed by atoms with E-state index in [1.807, 2.05) is 0 Å². The maximum Gasteiger partial charge on any atom is 0.419 e. The zero-order valence-corrected chi connectivity index (χ0v) is 9.44. The van der Waals surface area contributed by atoms with Gasteiger partial charge in [0, 0.05) is 25.8 Å². The molecule has 0 aliphatic carbocycles. The van der Waals surface area contributed by atoms with Gasteiger partial charge in [-0.15, -0.1) is 0 Å². The topological polar surface area (TPSA) is 45.2 Å². The number of hydrogen-bond donors (Lipinski definition) is 1. The van der Waals surface area contributed by atoms with Crippen molar-refractivity contribution in [3.63, 3.8) is 0 Å². The maximum absolute atomic E-state index is 12.9. The molecule has 0 saturated carbocycles. The second-order valence-electron chi connectivity index (χ2n) is 3.97. The summed E-state index contributed by atoms with van der Waals surface area (Å²) in [6, 6.07) is 1.60. The Hall–Kier alpha value is -1.63. The number of nitrogens with zero attached hydrogens (tertiary/aromatic N) is 2. The van der Waals surface area contributed by atoms with Crippen LogP contribution in [0.3, 0.4) is 0 Å². The van der Waals surface area contributed by atoms with Crippen LogP contribution in [0.1, 0.15) is 5.56 Å². The summed E-state index contributed by atoms with van der Waals surface area (Å²) in [7, 11) is 0. The third kappa shape index (κ3) is 2.45. The summed E-state index contributed by atoms with van der Waals surface area (Å²) >= 11 is 0. The first kappa shape index (κ1) is 12.8. The van der Waals surface area contributed by atoms with E-state index in [1.54, 1.807) is 0 Å². The zero-order valence-electron chi connectivity index (χ0n) is 9.44. The average molecular weight is 259 g/mol. The fraction of sp³-hybridized carbons (Fsp3) is 0.455. The number of anilines is 1. The Morgan fingerprint density at radius 3 is 2.94 bits per heavy atom. The molecule has 1 aromatic heterocycles. The molecule has 98 valence electrons. The molecule has 0 spiro atoms. The van der Waals surface area contributed by atoms with E-state index < -0.39 is 17.8 Å². The van der Waals surface area contributed by atoms with Crippen molar-refractivity contribution in [1.29, 1.82) is 0 Å². The van der Waals surface area contributed by atoms with Crippen molar-refractivity contribution in [3.8, 4) is 0 Å². The number of aldehydes is 1. The van der Waals surface area contributed by atoms with E-state index in [4.69, 9.17) is 0 Å². The lowest BCUT2D eigenvalue weighted by Gasteiger charge is -2.35. The molecular weight excluding hydrogens is 247 g/mol. The van der Waals surface area contributed by atoms with Crippen molar-refractivity contribution in [2.75, 3.05) is 24.5 Å². The molecule has 0 radical (unpaired) electrons. The first-order valence-electron chi connectivity index (χ1n) is 5.49. The number of alkyl halides is 3. The van der Waals surface area contributed by atoms with Crippen LogP contribution in [-0.4, -0.2) is 36.9 Å². The summed E-state index contributed by atoms with van der Waals surface area (Å²) in [5.41, 5.74) is -0.807. The molecule has 1 N–H and O–H groups in total. The number of aromatic nitrogens is 1. The summed E-state index contributed by atoms with van der Waals surface area (Å²) < 4.78 is 38.6. The van der Waals surface area contributed by atoms with Gasteiger partial charge in [-0.2, -0.15) is 13.2 Å². The van der Waals surface area contributed by atoms with Crippen LogP contribution in [0.25, 0.3) is 0 Å². The largest absolute Gasteiger partial charge is 0.419 e. The van der Waals surface area contributed by atoms with E-state index in [0.717, 1.165) is 6.07 Å². The second kappa shape index (κ2) is 4.93. The number of nitrogens with one attached hydrogen (secondary N) is 1. The maximum atomic E-state index is 12.9. The Bertz CT molecular complexity index is 436. The quantitative estimate of drug-likeness (QED) is 0.807. The normalized spacial score (nSPS) is 20.8. The standard InChI is InChI=1S/C11H12F3N3O/c12-11(13,14)9-2-1-3-16-10(9)17-5-4-15-6-8(17)7-18/h1-3,7-8,15H,4-6H2. The van der Waals surface area contributed by atoms with Crippen LogP contribution in [-0.2, 0) is 11.0 Å². The monoisotopic (exact) mass is 259 g/mol. The highest BCUT2D eigenvalue weighted by molar-refractivity contribution is 5.67. The van der Waals surface area contributed by atoms with Crippen LogP contribution in [0.5, 0.6) is 0 Å². The Kier molecular flexibility index (Phi) is 3.51. The molecule has 4 nitrogen and oxygen atoms in total. The SMILES string of the molecule is O=CC1CNCCN1c1ncccc1C(F)(F)F. The summed E-state index contributed by atoms with van der Waals surface area (Å²) in [6.07, 6.45) is -2.53. The molecule has 18 heavy (non-hydrogen) atoms. The van der Waals surface area contributed by atoms with Crippen molar-refractivity contribution < 1.29 is 18.0 Å². The van der Waals surface area contributed by atoms with Crippen LogP contribution in [0.2, 0.25) is 0 Å². The molecule has 1 aliphatic heterocycles. The van der Waals surface area contributed by atoms with E-state index in [9.17, 15) is 18.0 Å². The molecule has 1 aliphatic rings. The van der Waals surface area contributed by atoms with Gasteiger partial charge in [0.05, 0.1) is 11.6 Å². The number of rotatable bonds is 2. The van der Waals surface area contributed by atoms with Crippen molar-refractivity contribution in [3.05, 3.63) is 23.9 Å². The van der Waals surface area contributed by atoms with Crippen LogP contribution in [0.15, 0.2) is 18.3 Å². The van der Waals surface area contributed by atoms with Gasteiger partial charge in [0.2, 0.25) is 0 Å². The van der Waals surface area contributed by atoms with Crippen molar-refractivity contribution in [1.82, 2.24) is 10.3 Å². The summed E-state index contributed by atoms with van der Waals surface area (Å²) in [4.78, 5) is 16.1. The van der Waals surface area contributed by atoms with Gasteiger partial charge in [0.1, 0.15) is 12.1 Å². The van der Waals surface area contributed by atoms with Gasteiger partial charge < -0.3 is 15.0 Å². The van der Waals surface area contributed by atoms with Gasteiger partial charge in [-0.1, -0.05) is 0 Å². The summed E-state index contributed by atoms with van der Waals surface area (Å²) in [5.74, 6) is -0.177. The Balaban J connectivity index is 2.40. The zero-order chi connectivity index (χ0) is 13.2. The van der Waals surface area contributed by atoms with E-state index in [1.165, 1.54) is 17.2 Å². The van der Waals surface area contributed by atoms with E-state index >= 15 is 0 Å². The summed E-state index contributed by atoms with van der Waals surface area (Å²) in [5, 5.41) is 2.96. The second-order valence-corrected chi connectivity index (χ2v) is 3.97. The molecule has 1 saturated heterocycles. The highest BCUT2D eigenvalue weighted by atomic mass is 19.4. The van der Waals surface area contributed by atoms with Crippen molar-refractivity contribution in [2.45, 2.75) is 12.2 Å². The van der Waals surface area contributed by atoms with Crippen molar-refractivity contribution >= 4 is 12.1 Å². The third-order valence-electron chi connectivity index (χ3n) is 2.80. The third-order valence-corrected chi connectivity index (χ3v) is 2.80. The number of hydrogen-bond acceptors (Lipinski definition) is 4. The fourth-order valence-corrected chi connectivity index (χ4v) is 1.96. The molecule has 0 bridgehead atoms. The molecular formula is C11H12F3N3O. The highest BCUT2D eigenvalue weighted by Gasteiger charge is 2.37. The molecule has 1 aromatic rings. The lowest BCUT2D eigenvalue weighted by atomic mass is 10.1. The number of carbonyl (C=O) groups is 1. The number of halogens is 3. The van der Waals surface area contributed by atoms with E-state index in [-0.39, 0.29) is 5.82 Å². The lowest BCUT2D eigenvalue weighted by Crippen LogP contribution is -2.53. The molecule has 2 rings (SSSR count). The molecule has 0 amide bonds. The first-order chi connectivity index (χ1) is 8.54. The van der Waals surface area contributed by atoms with Gasteiger partial charge in [-0.25, -0.2) is 4.98 Å². The Morgan fingerprint density at radius 1 is 1.50 bits per heavy atom. The minimum atomic E-state index is -4.47. The Morgan fingerprint density at radius 2 is 2.28 bits per heavy atom. The first-order valence-corrected chi connectivity index (χ1v) is 5.49. The molecule has 0 aromatic carbocycles. The van der Waals surface area contributed by atoms with Crippen LogP contribution >= 0.6 is 0 Å². The predicted octanol–water partition coefficient (Wildman–Crippen LogP) is 1.08. The van der Waals surface area contributed by atoms with Crippen LogP contribution < -0.4 is 10.2 Å². The average Bonchev–Trinajstić information content (AvgIpc) is 2.37. The number of carbonyl (C=O) groups excluding carboxylic acids is 1. The smallest absolute Gasteiger partial charge is 0.344 e. The van der Waals surface area contributed by atoms with Gasteiger partial charge in [-0.3, -0.25) is 0 Å². The molecule has 1 unspecified atom stereocenters. The van der Waals surface area contributed by atoms with Gasteiger partial charge in [0.15, 0.2) is 0 Å². The van der Waals surface area contributed by atoms with Gasteiger partial charge >= 0.3 is 6.18 Å². The highest BCUT2D eigenvalue weighted by Crippen LogP contribution is 2.35. The Labute approximate surface area is 102 Å². The lowest BCUT2D eigenvalue weighted by molar-refractivity contribution is -0.137. The molecule has 7 heteroatoms. The van der Waals surface area contributed by atoms with Crippen LogP contribution in [0.4, 0.5) is 19.0 Å². The predicted molar refractivity (Wildman–Crippen MR) is 59.3 cm³/mol. The molecule has 2 heterocycles. The number of pyridine rings is 1. The van der Waals surface area contributed by atoms with E-state index in [2.05, 4.69) is 10.3 Å². The van der Waals surface area contributed by atoms with Gasteiger partial charge in [-0.05, 0) is 12.1 Å². The van der Waals surface area contributed by atoms with E-state index in [0.29, 0.717) is 25.9 Å². The number of piperazine rings is 1. The fourth-order valence-electron chi connectivity index (χ4n) is 1.96. The van der Waals surface area contributed by atoms with Crippen molar-refractivity contribution in [2.24, 2.45) is 0 Å².